The molecule has 1 heterocycles. The SMILES string of the molecule is CCCCCCOc1ccc(-c2nc(C3=CCC=CC=C3)nc(-c3ccccc3)n2)c(O)c1. The first-order valence-electron chi connectivity index (χ1n) is 11.6. The van der Waals surface area contributed by atoms with Crippen molar-refractivity contribution in [1.82, 2.24) is 15.0 Å². The highest BCUT2D eigenvalue weighted by molar-refractivity contribution is 5.74. The number of phenolic OH excluding ortho intramolecular Hbond substituents is 1. The molecule has 0 fully saturated rings. The molecule has 168 valence electrons. The van der Waals surface area contributed by atoms with E-state index in [2.05, 4.69) is 24.1 Å². The van der Waals surface area contributed by atoms with Gasteiger partial charge >= 0.3 is 0 Å². The van der Waals surface area contributed by atoms with Gasteiger partial charge in [0.25, 0.3) is 0 Å². The fraction of sp³-hybridized carbons (Fsp3) is 0.250. The Kier molecular flexibility index (Phi) is 7.64. The summed E-state index contributed by atoms with van der Waals surface area (Å²) in [5.41, 5.74) is 2.36. The molecule has 0 atom stereocenters. The van der Waals surface area contributed by atoms with E-state index in [4.69, 9.17) is 14.7 Å². The van der Waals surface area contributed by atoms with Crippen molar-refractivity contribution < 1.29 is 9.84 Å². The van der Waals surface area contributed by atoms with Gasteiger partial charge in [-0.3, -0.25) is 0 Å². The number of benzene rings is 2. The minimum atomic E-state index is 0.0873. The third-order valence-corrected chi connectivity index (χ3v) is 5.40. The van der Waals surface area contributed by atoms with Crippen LogP contribution in [0.1, 0.15) is 44.9 Å². The quantitative estimate of drug-likeness (QED) is 0.373. The van der Waals surface area contributed by atoms with Gasteiger partial charge in [0.15, 0.2) is 17.5 Å². The Morgan fingerprint density at radius 1 is 0.879 bits per heavy atom. The minimum Gasteiger partial charge on any atom is -0.507 e. The van der Waals surface area contributed by atoms with Crippen molar-refractivity contribution in [3.8, 4) is 34.3 Å². The van der Waals surface area contributed by atoms with E-state index in [-0.39, 0.29) is 5.75 Å². The summed E-state index contributed by atoms with van der Waals surface area (Å²) in [5, 5.41) is 10.8. The first-order chi connectivity index (χ1) is 16.2. The van der Waals surface area contributed by atoms with Crippen LogP contribution in [0.15, 0.2) is 78.9 Å². The fourth-order valence-corrected chi connectivity index (χ4v) is 3.60. The Bertz CT molecular complexity index is 1170. The van der Waals surface area contributed by atoms with Crippen LogP contribution < -0.4 is 4.74 Å². The van der Waals surface area contributed by atoms with Crippen molar-refractivity contribution >= 4 is 5.57 Å². The molecule has 5 nitrogen and oxygen atoms in total. The summed E-state index contributed by atoms with van der Waals surface area (Å²) in [6.45, 7) is 2.83. The molecule has 0 amide bonds. The molecule has 0 bridgehead atoms. The first-order valence-corrected chi connectivity index (χ1v) is 11.6. The number of hydrogen-bond acceptors (Lipinski definition) is 5. The molecule has 1 aliphatic rings. The third kappa shape index (κ3) is 5.95. The lowest BCUT2D eigenvalue weighted by molar-refractivity contribution is 0.303. The predicted molar refractivity (Wildman–Crippen MR) is 133 cm³/mol. The number of phenols is 1. The van der Waals surface area contributed by atoms with Gasteiger partial charge in [-0.25, -0.2) is 15.0 Å². The summed E-state index contributed by atoms with van der Waals surface area (Å²) in [6, 6.07) is 15.1. The minimum absolute atomic E-state index is 0.0873. The van der Waals surface area contributed by atoms with Gasteiger partial charge in [-0.05, 0) is 25.0 Å². The molecule has 1 aromatic heterocycles. The second kappa shape index (κ2) is 11.2. The van der Waals surface area contributed by atoms with E-state index < -0.39 is 0 Å². The molecule has 0 spiro atoms. The van der Waals surface area contributed by atoms with Crippen molar-refractivity contribution in [2.75, 3.05) is 6.61 Å². The summed E-state index contributed by atoms with van der Waals surface area (Å²) >= 11 is 0. The summed E-state index contributed by atoms with van der Waals surface area (Å²) in [4.78, 5) is 14.1. The zero-order valence-electron chi connectivity index (χ0n) is 18.9. The maximum absolute atomic E-state index is 10.8. The van der Waals surface area contributed by atoms with E-state index in [0.717, 1.165) is 30.4 Å². The molecular formula is C28H29N3O2. The van der Waals surface area contributed by atoms with Crippen molar-refractivity contribution in [3.05, 3.63) is 84.7 Å². The van der Waals surface area contributed by atoms with Crippen molar-refractivity contribution in [3.63, 3.8) is 0 Å². The third-order valence-electron chi connectivity index (χ3n) is 5.40. The fourth-order valence-electron chi connectivity index (χ4n) is 3.60. The zero-order chi connectivity index (χ0) is 22.9. The number of unbranched alkanes of at least 4 members (excludes halogenated alkanes) is 3. The topological polar surface area (TPSA) is 68.1 Å². The van der Waals surface area contributed by atoms with E-state index in [1.807, 2.05) is 60.7 Å². The Morgan fingerprint density at radius 2 is 1.70 bits per heavy atom. The van der Waals surface area contributed by atoms with Gasteiger partial charge in [-0.15, -0.1) is 0 Å². The van der Waals surface area contributed by atoms with E-state index in [0.29, 0.717) is 35.4 Å². The van der Waals surface area contributed by atoms with Crippen LogP contribution >= 0.6 is 0 Å². The lowest BCUT2D eigenvalue weighted by atomic mass is 10.1. The lowest BCUT2D eigenvalue weighted by Gasteiger charge is -2.11. The van der Waals surface area contributed by atoms with Gasteiger partial charge < -0.3 is 9.84 Å². The van der Waals surface area contributed by atoms with Crippen molar-refractivity contribution in [1.29, 1.82) is 0 Å². The molecule has 0 unspecified atom stereocenters. The van der Waals surface area contributed by atoms with E-state index >= 15 is 0 Å². The molecule has 3 aromatic rings. The average molecular weight is 440 g/mol. The first kappa shape index (κ1) is 22.5. The summed E-state index contributed by atoms with van der Waals surface area (Å²) < 4.78 is 5.81. The predicted octanol–water partition coefficient (Wildman–Crippen LogP) is 6.77. The number of hydrogen-bond donors (Lipinski definition) is 1. The largest absolute Gasteiger partial charge is 0.507 e. The Balaban J connectivity index is 1.66. The number of ether oxygens (including phenoxy) is 1. The van der Waals surface area contributed by atoms with Gasteiger partial charge in [-0.1, -0.05) is 86.9 Å². The summed E-state index contributed by atoms with van der Waals surface area (Å²) in [7, 11) is 0. The molecule has 4 rings (SSSR count). The highest BCUT2D eigenvalue weighted by Crippen LogP contribution is 2.32. The maximum atomic E-state index is 10.8. The molecule has 5 heteroatoms. The van der Waals surface area contributed by atoms with Crippen LogP contribution in [0.3, 0.4) is 0 Å². The van der Waals surface area contributed by atoms with E-state index in [9.17, 15) is 5.11 Å². The number of allylic oxidation sites excluding steroid dienone is 6. The average Bonchev–Trinajstić information content (AvgIpc) is 3.14. The number of aromatic nitrogens is 3. The molecule has 0 radical (unpaired) electrons. The van der Waals surface area contributed by atoms with Crippen LogP contribution in [0.2, 0.25) is 0 Å². The zero-order valence-corrected chi connectivity index (χ0v) is 18.9. The van der Waals surface area contributed by atoms with Crippen LogP contribution in [0.25, 0.3) is 28.3 Å². The molecule has 0 aliphatic heterocycles. The standard InChI is InChI=1S/C28H29N3O2/c1-2-3-4-12-19-33-23-17-18-24(25(32)20-23)28-30-26(21-13-8-5-6-9-14-21)29-27(31-28)22-15-10-7-11-16-22/h5-8,10-11,13-18,20,32H,2-4,9,12,19H2,1H3. The molecule has 0 saturated carbocycles. The highest BCUT2D eigenvalue weighted by Gasteiger charge is 2.15. The number of aromatic hydroxyl groups is 1. The summed E-state index contributed by atoms with van der Waals surface area (Å²) in [6.07, 6.45) is 15.5. The normalized spacial score (nSPS) is 12.9. The van der Waals surface area contributed by atoms with Gasteiger partial charge in [0.2, 0.25) is 0 Å². The molecule has 2 aromatic carbocycles. The second-order valence-corrected chi connectivity index (χ2v) is 7.94. The smallest absolute Gasteiger partial charge is 0.167 e. The Hall–Kier alpha value is -3.73. The lowest BCUT2D eigenvalue weighted by Crippen LogP contribution is -2.03. The molecular weight excluding hydrogens is 410 g/mol. The van der Waals surface area contributed by atoms with Crippen molar-refractivity contribution in [2.24, 2.45) is 0 Å². The van der Waals surface area contributed by atoms with E-state index in [1.165, 1.54) is 12.8 Å². The molecule has 33 heavy (non-hydrogen) atoms. The summed E-state index contributed by atoms with van der Waals surface area (Å²) in [5.74, 6) is 2.31. The Labute approximate surface area is 195 Å². The van der Waals surface area contributed by atoms with Gasteiger partial charge in [-0.2, -0.15) is 0 Å². The van der Waals surface area contributed by atoms with Crippen LogP contribution in [-0.2, 0) is 0 Å². The monoisotopic (exact) mass is 439 g/mol. The van der Waals surface area contributed by atoms with Crippen LogP contribution in [0.5, 0.6) is 11.5 Å². The molecule has 1 N–H and O–H groups in total. The van der Waals surface area contributed by atoms with Crippen LogP contribution in [0, 0.1) is 0 Å². The highest BCUT2D eigenvalue weighted by atomic mass is 16.5. The van der Waals surface area contributed by atoms with Crippen LogP contribution in [0.4, 0.5) is 0 Å². The van der Waals surface area contributed by atoms with Crippen LogP contribution in [-0.4, -0.2) is 26.7 Å². The van der Waals surface area contributed by atoms with Gasteiger partial charge in [0, 0.05) is 17.2 Å². The van der Waals surface area contributed by atoms with Gasteiger partial charge in [0.1, 0.15) is 11.5 Å². The van der Waals surface area contributed by atoms with Crippen molar-refractivity contribution in [2.45, 2.75) is 39.0 Å². The Morgan fingerprint density at radius 3 is 2.52 bits per heavy atom. The molecule has 0 saturated heterocycles. The van der Waals surface area contributed by atoms with E-state index in [1.54, 1.807) is 6.07 Å². The van der Waals surface area contributed by atoms with Gasteiger partial charge in [0.05, 0.1) is 12.2 Å². The number of rotatable bonds is 9. The number of nitrogens with zero attached hydrogens (tertiary/aromatic N) is 3. The molecule has 1 aliphatic carbocycles. The second-order valence-electron chi connectivity index (χ2n) is 7.94. The maximum Gasteiger partial charge on any atom is 0.167 e.